The van der Waals surface area contributed by atoms with Crippen LogP contribution in [0, 0.1) is 11.0 Å². The SMILES string of the molecule is COc1ccc([NH2+][O-])c(F)c1. The summed E-state index contributed by atoms with van der Waals surface area (Å²) >= 11 is 0. The van der Waals surface area contributed by atoms with Crippen LogP contribution in [-0.2, 0) is 0 Å². The Labute approximate surface area is 63.4 Å². The largest absolute Gasteiger partial charge is 0.630 e. The quantitative estimate of drug-likeness (QED) is 0.502. The van der Waals surface area contributed by atoms with E-state index in [0.29, 0.717) is 11.2 Å². The minimum atomic E-state index is -0.556. The fraction of sp³-hybridized carbons (Fsp3) is 0.143. The minimum absolute atomic E-state index is 0.0470. The van der Waals surface area contributed by atoms with Crippen LogP contribution < -0.4 is 10.2 Å². The highest BCUT2D eigenvalue weighted by molar-refractivity contribution is 5.36. The normalized spacial score (nSPS) is 9.73. The molecular weight excluding hydrogens is 149 g/mol. The predicted molar refractivity (Wildman–Crippen MR) is 37.9 cm³/mol. The van der Waals surface area contributed by atoms with Crippen LogP contribution in [0.5, 0.6) is 5.75 Å². The lowest BCUT2D eigenvalue weighted by Crippen LogP contribution is -2.70. The fourth-order valence-corrected chi connectivity index (χ4v) is 0.730. The molecule has 0 aliphatic carbocycles. The molecule has 2 N–H and O–H groups in total. The van der Waals surface area contributed by atoms with Crippen molar-refractivity contribution in [1.29, 1.82) is 0 Å². The predicted octanol–water partition coefficient (Wildman–Crippen LogP) is 0.527. The molecule has 3 nitrogen and oxygen atoms in total. The van der Waals surface area contributed by atoms with E-state index in [4.69, 9.17) is 4.74 Å². The Bertz CT molecular complexity index is 252. The van der Waals surface area contributed by atoms with E-state index in [0.717, 1.165) is 0 Å². The van der Waals surface area contributed by atoms with Crippen molar-refractivity contribution in [1.82, 2.24) is 0 Å². The summed E-state index contributed by atoms with van der Waals surface area (Å²) in [5, 5.41) is 10.1. The van der Waals surface area contributed by atoms with Gasteiger partial charge in [-0.1, -0.05) is 0 Å². The van der Waals surface area contributed by atoms with Crippen molar-refractivity contribution >= 4 is 5.69 Å². The summed E-state index contributed by atoms with van der Waals surface area (Å²) in [5.74, 6) is -0.146. The van der Waals surface area contributed by atoms with Gasteiger partial charge in [0.05, 0.1) is 7.11 Å². The third kappa shape index (κ3) is 1.66. The Morgan fingerprint density at radius 1 is 1.55 bits per heavy atom. The summed E-state index contributed by atoms with van der Waals surface area (Å²) in [6.45, 7) is 0. The summed E-state index contributed by atoms with van der Waals surface area (Å²) in [6, 6.07) is 4.08. The number of benzene rings is 1. The van der Waals surface area contributed by atoms with Crippen molar-refractivity contribution in [2.45, 2.75) is 0 Å². The van der Waals surface area contributed by atoms with Gasteiger partial charge in [0.2, 0.25) is 0 Å². The average molecular weight is 157 g/mol. The summed E-state index contributed by atoms with van der Waals surface area (Å²) in [4.78, 5) is 0. The molecule has 0 atom stereocenters. The minimum Gasteiger partial charge on any atom is -0.630 e. The number of halogens is 1. The molecule has 0 saturated heterocycles. The van der Waals surface area contributed by atoms with Gasteiger partial charge < -0.3 is 15.4 Å². The molecule has 0 bridgehead atoms. The molecule has 0 unspecified atom stereocenters. The van der Waals surface area contributed by atoms with Gasteiger partial charge in [-0.2, -0.15) is 0 Å². The monoisotopic (exact) mass is 157 g/mol. The summed E-state index contributed by atoms with van der Waals surface area (Å²) in [5.41, 5.74) is 0.514. The molecule has 4 heteroatoms. The van der Waals surface area contributed by atoms with Gasteiger partial charge in [0.25, 0.3) is 0 Å². The lowest BCUT2D eigenvalue weighted by Gasteiger charge is -2.03. The molecule has 1 rings (SSSR count). The average Bonchev–Trinajstić information content (AvgIpc) is 2.04. The van der Waals surface area contributed by atoms with E-state index in [-0.39, 0.29) is 5.69 Å². The maximum atomic E-state index is 12.7. The van der Waals surface area contributed by atoms with Crippen LogP contribution in [0.25, 0.3) is 0 Å². The van der Waals surface area contributed by atoms with Gasteiger partial charge in [0, 0.05) is 12.1 Å². The second-order valence-electron chi connectivity index (χ2n) is 2.01. The lowest BCUT2D eigenvalue weighted by molar-refractivity contribution is -0.499. The van der Waals surface area contributed by atoms with Crippen molar-refractivity contribution in [2.24, 2.45) is 0 Å². The third-order valence-electron chi connectivity index (χ3n) is 1.33. The highest BCUT2D eigenvalue weighted by atomic mass is 19.1. The number of quaternary nitrogens is 1. The van der Waals surface area contributed by atoms with Gasteiger partial charge in [-0.3, -0.25) is 0 Å². The molecular formula is C7H8FNO2. The highest BCUT2D eigenvalue weighted by Crippen LogP contribution is 2.16. The summed E-state index contributed by atoms with van der Waals surface area (Å²) in [6.07, 6.45) is 0. The third-order valence-corrected chi connectivity index (χ3v) is 1.33. The number of hydrogen-bond donors (Lipinski definition) is 1. The second kappa shape index (κ2) is 3.32. The van der Waals surface area contributed by atoms with Crippen LogP contribution in [0.3, 0.4) is 0 Å². The van der Waals surface area contributed by atoms with Crippen LogP contribution in [-0.4, -0.2) is 7.11 Å². The van der Waals surface area contributed by atoms with Gasteiger partial charge >= 0.3 is 0 Å². The maximum absolute atomic E-state index is 12.7. The zero-order chi connectivity index (χ0) is 8.27. The molecule has 1 aromatic rings. The van der Waals surface area contributed by atoms with Crippen molar-refractivity contribution < 1.29 is 14.6 Å². The summed E-state index contributed by atoms with van der Waals surface area (Å²) < 4.78 is 17.5. The number of hydrogen-bond acceptors (Lipinski definition) is 2. The van der Waals surface area contributed by atoms with Crippen molar-refractivity contribution in [3.63, 3.8) is 0 Å². The molecule has 1 aromatic carbocycles. The Morgan fingerprint density at radius 2 is 2.27 bits per heavy atom. The second-order valence-corrected chi connectivity index (χ2v) is 2.01. The number of nitrogens with two attached hydrogens (primary N) is 1. The zero-order valence-electron chi connectivity index (χ0n) is 6.00. The van der Waals surface area contributed by atoms with Crippen LogP contribution in [0.15, 0.2) is 18.2 Å². The molecule has 0 aliphatic rings. The summed E-state index contributed by atoms with van der Waals surface area (Å²) in [7, 11) is 1.44. The Balaban J connectivity index is 2.99. The van der Waals surface area contributed by atoms with Crippen LogP contribution in [0.2, 0.25) is 0 Å². The molecule has 0 spiro atoms. The van der Waals surface area contributed by atoms with E-state index in [1.807, 2.05) is 0 Å². The topological polar surface area (TPSA) is 48.9 Å². The molecule has 0 fully saturated rings. The molecule has 0 amide bonds. The van der Waals surface area contributed by atoms with E-state index in [9.17, 15) is 9.60 Å². The van der Waals surface area contributed by atoms with Crippen LogP contribution >= 0.6 is 0 Å². The van der Waals surface area contributed by atoms with Gasteiger partial charge in [-0.15, -0.1) is 0 Å². The van der Waals surface area contributed by atoms with Gasteiger partial charge in [0.1, 0.15) is 5.75 Å². The molecule has 60 valence electrons. The molecule has 0 aromatic heterocycles. The Morgan fingerprint density at radius 3 is 2.73 bits per heavy atom. The van der Waals surface area contributed by atoms with Crippen LogP contribution in [0.4, 0.5) is 10.1 Å². The molecule has 0 saturated carbocycles. The molecule has 0 aliphatic heterocycles. The van der Waals surface area contributed by atoms with E-state index in [2.05, 4.69) is 0 Å². The van der Waals surface area contributed by atoms with E-state index >= 15 is 0 Å². The van der Waals surface area contributed by atoms with Crippen molar-refractivity contribution in [2.75, 3.05) is 7.11 Å². The Hall–Kier alpha value is -1.13. The van der Waals surface area contributed by atoms with E-state index in [1.54, 1.807) is 0 Å². The van der Waals surface area contributed by atoms with Gasteiger partial charge in [0.15, 0.2) is 11.5 Å². The maximum Gasteiger partial charge on any atom is 0.187 e. The standard InChI is InChI=1S/C7H8FNO2/c1-11-5-2-3-7(9-10)6(8)4-5/h2-4H,9H2,1H3. The smallest absolute Gasteiger partial charge is 0.187 e. The van der Waals surface area contributed by atoms with Crippen molar-refractivity contribution in [3.8, 4) is 5.75 Å². The first-order valence-electron chi connectivity index (χ1n) is 3.06. The van der Waals surface area contributed by atoms with E-state index < -0.39 is 5.82 Å². The number of rotatable bonds is 2. The molecule has 0 radical (unpaired) electrons. The highest BCUT2D eigenvalue weighted by Gasteiger charge is 2.02. The first-order chi connectivity index (χ1) is 5.27. The molecule has 0 heterocycles. The van der Waals surface area contributed by atoms with Gasteiger partial charge in [-0.05, 0) is 6.07 Å². The number of ether oxygens (including phenoxy) is 1. The Kier molecular flexibility index (Phi) is 2.40. The molecule has 11 heavy (non-hydrogen) atoms. The first kappa shape index (κ1) is 7.97. The first-order valence-corrected chi connectivity index (χ1v) is 3.06. The van der Waals surface area contributed by atoms with Crippen LogP contribution in [0.1, 0.15) is 0 Å². The van der Waals surface area contributed by atoms with Crippen molar-refractivity contribution in [3.05, 3.63) is 29.2 Å². The number of methoxy groups -OCH3 is 1. The fourth-order valence-electron chi connectivity index (χ4n) is 0.730. The lowest BCUT2D eigenvalue weighted by atomic mass is 10.3. The van der Waals surface area contributed by atoms with Gasteiger partial charge in [-0.25, -0.2) is 4.39 Å². The zero-order valence-corrected chi connectivity index (χ0v) is 6.00. The van der Waals surface area contributed by atoms with E-state index in [1.165, 1.54) is 25.3 Å².